The molecule has 0 saturated carbocycles. The minimum atomic E-state index is -0.117. The van der Waals surface area contributed by atoms with Crippen LogP contribution >= 0.6 is 24.0 Å². The molecule has 2 amide bonds. The van der Waals surface area contributed by atoms with Crippen LogP contribution in [-0.2, 0) is 9.59 Å². The van der Waals surface area contributed by atoms with Crippen LogP contribution in [0.2, 0.25) is 0 Å². The van der Waals surface area contributed by atoms with Gasteiger partial charge >= 0.3 is 0 Å². The standard InChI is InChI=1S/C18H26N4O2.HI/c1-3-13(2)14-7-9-15(10-8-14)21-18(19)20-11-12-22-16(23)5-4-6-17(22)24;/h7-10,13H,3-6,11-12H2,1-2H3,(H3,19,20,21);1H. The summed E-state index contributed by atoms with van der Waals surface area (Å²) in [6.07, 6.45) is 2.62. The van der Waals surface area contributed by atoms with E-state index in [1.165, 1.54) is 10.5 Å². The van der Waals surface area contributed by atoms with E-state index >= 15 is 0 Å². The first-order chi connectivity index (χ1) is 11.5. The van der Waals surface area contributed by atoms with E-state index in [0.717, 1.165) is 12.1 Å². The highest BCUT2D eigenvalue weighted by Crippen LogP contribution is 2.20. The van der Waals surface area contributed by atoms with Crippen molar-refractivity contribution in [2.24, 2.45) is 10.7 Å². The number of nitrogens with zero attached hydrogens (tertiary/aromatic N) is 2. The van der Waals surface area contributed by atoms with Crippen molar-refractivity contribution in [2.45, 2.75) is 45.4 Å². The number of hydrogen-bond donors (Lipinski definition) is 2. The molecular weight excluding hydrogens is 431 g/mol. The smallest absolute Gasteiger partial charge is 0.229 e. The zero-order chi connectivity index (χ0) is 17.5. The Morgan fingerprint density at radius 1 is 1.24 bits per heavy atom. The van der Waals surface area contributed by atoms with Gasteiger partial charge in [0.15, 0.2) is 5.96 Å². The van der Waals surface area contributed by atoms with Crippen molar-refractivity contribution in [3.05, 3.63) is 29.8 Å². The van der Waals surface area contributed by atoms with Crippen molar-refractivity contribution in [2.75, 3.05) is 18.4 Å². The highest BCUT2D eigenvalue weighted by atomic mass is 127. The minimum absolute atomic E-state index is 0. The van der Waals surface area contributed by atoms with E-state index in [0.29, 0.717) is 31.7 Å². The molecule has 2 rings (SSSR count). The lowest BCUT2D eigenvalue weighted by molar-refractivity contribution is -0.147. The molecule has 1 atom stereocenters. The lowest BCUT2D eigenvalue weighted by Gasteiger charge is -2.24. The Hall–Kier alpha value is -1.64. The second-order valence-electron chi connectivity index (χ2n) is 6.12. The van der Waals surface area contributed by atoms with Crippen molar-refractivity contribution >= 4 is 47.4 Å². The number of likely N-dealkylation sites (tertiary alicyclic amines) is 1. The van der Waals surface area contributed by atoms with Gasteiger partial charge in [0.25, 0.3) is 0 Å². The normalized spacial score (nSPS) is 16.4. The Bertz CT molecular complexity index is 600. The first kappa shape index (κ1) is 21.4. The summed E-state index contributed by atoms with van der Waals surface area (Å²) < 4.78 is 0. The summed E-state index contributed by atoms with van der Waals surface area (Å²) in [6, 6.07) is 8.10. The van der Waals surface area contributed by atoms with Crippen LogP contribution in [0.1, 0.15) is 51.0 Å². The summed E-state index contributed by atoms with van der Waals surface area (Å²) in [5, 5.41) is 3.03. The number of hydrogen-bond acceptors (Lipinski definition) is 3. The van der Waals surface area contributed by atoms with Gasteiger partial charge in [-0.1, -0.05) is 26.0 Å². The summed E-state index contributed by atoms with van der Waals surface area (Å²) in [6.45, 7) is 4.95. The van der Waals surface area contributed by atoms with Crippen molar-refractivity contribution in [3.63, 3.8) is 0 Å². The number of benzene rings is 1. The van der Waals surface area contributed by atoms with Gasteiger partial charge in [0, 0.05) is 25.1 Å². The van der Waals surface area contributed by atoms with Crippen LogP contribution in [0, 0.1) is 0 Å². The van der Waals surface area contributed by atoms with E-state index in [9.17, 15) is 9.59 Å². The molecule has 1 aromatic carbocycles. The summed E-state index contributed by atoms with van der Waals surface area (Å²) in [4.78, 5) is 28.9. The summed E-state index contributed by atoms with van der Waals surface area (Å²) >= 11 is 0. The molecule has 1 aromatic rings. The predicted octanol–water partition coefficient (Wildman–Crippen LogP) is 3.08. The number of anilines is 1. The Morgan fingerprint density at radius 3 is 2.40 bits per heavy atom. The van der Waals surface area contributed by atoms with Gasteiger partial charge in [-0.2, -0.15) is 0 Å². The highest BCUT2D eigenvalue weighted by Gasteiger charge is 2.24. The maximum Gasteiger partial charge on any atom is 0.229 e. The van der Waals surface area contributed by atoms with Gasteiger partial charge in [-0.3, -0.25) is 19.5 Å². The fraction of sp³-hybridized carbons (Fsp3) is 0.500. The molecule has 1 saturated heterocycles. The number of rotatable bonds is 6. The topological polar surface area (TPSA) is 87.8 Å². The molecule has 7 heteroatoms. The van der Waals surface area contributed by atoms with Crippen molar-refractivity contribution in [3.8, 4) is 0 Å². The number of amides is 2. The third-order valence-corrected chi connectivity index (χ3v) is 4.35. The van der Waals surface area contributed by atoms with E-state index in [-0.39, 0.29) is 48.3 Å². The van der Waals surface area contributed by atoms with Crippen LogP contribution in [0.5, 0.6) is 0 Å². The number of piperidine rings is 1. The van der Waals surface area contributed by atoms with Gasteiger partial charge in [-0.25, -0.2) is 0 Å². The van der Waals surface area contributed by atoms with E-state index < -0.39 is 0 Å². The fourth-order valence-electron chi connectivity index (χ4n) is 2.64. The first-order valence-electron chi connectivity index (χ1n) is 8.51. The SMILES string of the molecule is CCC(C)c1ccc(NC(N)=NCCN2C(=O)CCCC2=O)cc1.I. The van der Waals surface area contributed by atoms with Crippen LogP contribution in [0.4, 0.5) is 5.69 Å². The third kappa shape index (κ3) is 6.30. The van der Waals surface area contributed by atoms with Gasteiger partial charge in [-0.15, -0.1) is 24.0 Å². The average molecular weight is 458 g/mol. The minimum Gasteiger partial charge on any atom is -0.370 e. The molecule has 1 aliphatic rings. The number of aliphatic imine (C=N–C) groups is 1. The molecule has 0 radical (unpaired) electrons. The van der Waals surface area contributed by atoms with Crippen LogP contribution in [0.3, 0.4) is 0 Å². The Morgan fingerprint density at radius 2 is 1.84 bits per heavy atom. The molecule has 138 valence electrons. The van der Waals surface area contributed by atoms with Crippen LogP contribution in [-0.4, -0.2) is 35.8 Å². The molecule has 1 aliphatic heterocycles. The summed E-state index contributed by atoms with van der Waals surface area (Å²) in [7, 11) is 0. The zero-order valence-electron chi connectivity index (χ0n) is 14.8. The molecule has 0 spiro atoms. The number of halogens is 1. The van der Waals surface area contributed by atoms with Gasteiger partial charge in [0.2, 0.25) is 11.8 Å². The molecule has 1 fully saturated rings. The van der Waals surface area contributed by atoms with E-state index in [4.69, 9.17) is 5.73 Å². The lowest BCUT2D eigenvalue weighted by atomic mass is 9.99. The Balaban J connectivity index is 0.00000312. The average Bonchev–Trinajstić information content (AvgIpc) is 2.57. The number of guanidine groups is 1. The van der Waals surface area contributed by atoms with Gasteiger partial charge in [0.1, 0.15) is 0 Å². The van der Waals surface area contributed by atoms with Gasteiger partial charge in [0.05, 0.1) is 6.54 Å². The third-order valence-electron chi connectivity index (χ3n) is 4.35. The second kappa shape index (κ2) is 10.4. The molecule has 1 unspecified atom stereocenters. The molecule has 6 nitrogen and oxygen atoms in total. The Kier molecular flexibility index (Phi) is 8.88. The van der Waals surface area contributed by atoms with E-state index in [1.807, 2.05) is 12.1 Å². The van der Waals surface area contributed by atoms with Crippen LogP contribution < -0.4 is 11.1 Å². The molecule has 25 heavy (non-hydrogen) atoms. The zero-order valence-corrected chi connectivity index (χ0v) is 17.2. The molecule has 1 heterocycles. The number of carbonyl (C=O) groups is 2. The molecule has 3 N–H and O–H groups in total. The van der Waals surface area contributed by atoms with Crippen LogP contribution in [0.15, 0.2) is 29.3 Å². The maximum atomic E-state index is 11.7. The maximum absolute atomic E-state index is 11.7. The van der Waals surface area contributed by atoms with Crippen LogP contribution in [0.25, 0.3) is 0 Å². The molecular formula is C18H27IN4O2. The predicted molar refractivity (Wildman–Crippen MR) is 111 cm³/mol. The fourth-order valence-corrected chi connectivity index (χ4v) is 2.64. The summed E-state index contributed by atoms with van der Waals surface area (Å²) in [5.74, 6) is 0.579. The van der Waals surface area contributed by atoms with Gasteiger partial charge < -0.3 is 11.1 Å². The van der Waals surface area contributed by atoms with E-state index in [2.05, 4.69) is 36.3 Å². The number of imide groups is 1. The highest BCUT2D eigenvalue weighted by molar-refractivity contribution is 14.0. The van der Waals surface area contributed by atoms with Crippen molar-refractivity contribution in [1.82, 2.24) is 4.90 Å². The number of carbonyl (C=O) groups excluding carboxylic acids is 2. The number of nitrogens with two attached hydrogens (primary N) is 1. The quantitative estimate of drug-likeness (QED) is 0.297. The van der Waals surface area contributed by atoms with Crippen molar-refractivity contribution in [1.29, 1.82) is 0 Å². The second-order valence-corrected chi connectivity index (χ2v) is 6.12. The first-order valence-corrected chi connectivity index (χ1v) is 8.51. The summed E-state index contributed by atoms with van der Waals surface area (Å²) in [5.41, 5.74) is 8.03. The molecule has 0 aliphatic carbocycles. The van der Waals surface area contributed by atoms with E-state index in [1.54, 1.807) is 0 Å². The Labute approximate surface area is 166 Å². The van der Waals surface area contributed by atoms with Crippen molar-refractivity contribution < 1.29 is 9.59 Å². The molecule has 0 bridgehead atoms. The molecule has 0 aromatic heterocycles. The lowest BCUT2D eigenvalue weighted by Crippen LogP contribution is -2.41. The monoisotopic (exact) mass is 458 g/mol. The van der Waals surface area contributed by atoms with Gasteiger partial charge in [-0.05, 0) is 36.5 Å². The number of nitrogens with one attached hydrogen (secondary N) is 1. The largest absolute Gasteiger partial charge is 0.370 e.